The van der Waals surface area contributed by atoms with Crippen molar-refractivity contribution in [1.29, 1.82) is 0 Å². The lowest BCUT2D eigenvalue weighted by Crippen LogP contribution is -2.41. The van der Waals surface area contributed by atoms with Crippen LogP contribution in [0.3, 0.4) is 0 Å². The summed E-state index contributed by atoms with van der Waals surface area (Å²) in [7, 11) is 0. The van der Waals surface area contributed by atoms with Crippen LogP contribution in [0.1, 0.15) is 57.4 Å². The Labute approximate surface area is 233 Å². The molecular formula is C27H32ClN7S2. The minimum absolute atomic E-state index is 0.0221. The SMILES string of the molecule is C[C@@H]1CCCCN1c1cc(Sc2ncccn2)nc(NC(=S)NCC2(c3cccc(Cl)c3)CCCC2)n1. The molecule has 1 saturated heterocycles. The van der Waals surface area contributed by atoms with Crippen LogP contribution in [0.25, 0.3) is 0 Å². The minimum Gasteiger partial charge on any atom is -0.361 e. The topological polar surface area (TPSA) is 78.9 Å². The van der Waals surface area contributed by atoms with Gasteiger partial charge in [-0.15, -0.1) is 0 Å². The van der Waals surface area contributed by atoms with E-state index in [2.05, 4.69) is 44.6 Å². The summed E-state index contributed by atoms with van der Waals surface area (Å²) in [4.78, 5) is 20.7. The van der Waals surface area contributed by atoms with E-state index in [0.29, 0.717) is 22.3 Å². The molecule has 3 aromatic rings. The molecule has 7 nitrogen and oxygen atoms in total. The van der Waals surface area contributed by atoms with Crippen molar-refractivity contribution in [3.05, 3.63) is 59.4 Å². The number of halogens is 1. The molecule has 0 spiro atoms. The zero-order chi connectivity index (χ0) is 25.7. The maximum atomic E-state index is 6.33. The van der Waals surface area contributed by atoms with Gasteiger partial charge in [0.1, 0.15) is 10.8 Å². The molecule has 1 aliphatic heterocycles. The van der Waals surface area contributed by atoms with Gasteiger partial charge in [-0.05, 0) is 86.8 Å². The summed E-state index contributed by atoms with van der Waals surface area (Å²) in [6.45, 7) is 3.97. The van der Waals surface area contributed by atoms with Crippen molar-refractivity contribution in [3.8, 4) is 0 Å². The standard InChI is InChI=1S/C27H32ClN7S2/c1-19-8-2-5-15-35(19)22-17-23(37-26-29-13-7-14-30-26)33-24(32-22)34-25(36)31-18-27(11-3-4-12-27)20-9-6-10-21(28)16-20/h6-7,9-10,13-14,16-17,19H,2-5,8,11-12,15,18H2,1H3,(H2,31,32,33,34,36)/t19-/m1/s1. The number of thiocarbonyl (C=S) groups is 1. The van der Waals surface area contributed by atoms with Crippen molar-refractivity contribution < 1.29 is 0 Å². The Morgan fingerprint density at radius 3 is 2.68 bits per heavy atom. The second-order valence-corrected chi connectivity index (χ2v) is 11.7. The smallest absolute Gasteiger partial charge is 0.232 e. The summed E-state index contributed by atoms with van der Waals surface area (Å²) < 4.78 is 0. The second kappa shape index (κ2) is 11.9. The number of aromatic nitrogens is 4. The van der Waals surface area contributed by atoms with E-state index < -0.39 is 0 Å². The summed E-state index contributed by atoms with van der Waals surface area (Å²) in [5.41, 5.74) is 1.29. The van der Waals surface area contributed by atoms with Gasteiger partial charge < -0.3 is 15.5 Å². The molecule has 10 heteroatoms. The van der Waals surface area contributed by atoms with Crippen molar-refractivity contribution in [3.63, 3.8) is 0 Å². The average molecular weight is 554 g/mol. The molecular weight excluding hydrogens is 522 g/mol. The Kier molecular flexibility index (Phi) is 8.42. The highest BCUT2D eigenvalue weighted by atomic mass is 35.5. The third-order valence-electron chi connectivity index (χ3n) is 7.33. The van der Waals surface area contributed by atoms with E-state index in [1.54, 1.807) is 12.4 Å². The minimum atomic E-state index is 0.0221. The van der Waals surface area contributed by atoms with E-state index in [1.807, 2.05) is 24.3 Å². The Morgan fingerprint density at radius 1 is 1.11 bits per heavy atom. The van der Waals surface area contributed by atoms with E-state index in [1.165, 1.54) is 36.6 Å². The molecule has 2 fully saturated rings. The first kappa shape index (κ1) is 26.1. The molecule has 5 rings (SSSR count). The number of benzene rings is 1. The molecule has 1 atom stereocenters. The monoisotopic (exact) mass is 553 g/mol. The van der Waals surface area contributed by atoms with Gasteiger partial charge in [0.15, 0.2) is 10.3 Å². The van der Waals surface area contributed by atoms with Crippen molar-refractivity contribution in [1.82, 2.24) is 25.3 Å². The molecule has 0 amide bonds. The lowest BCUT2D eigenvalue weighted by Gasteiger charge is -2.34. The fourth-order valence-electron chi connectivity index (χ4n) is 5.37. The van der Waals surface area contributed by atoms with Gasteiger partial charge in [0, 0.05) is 48.0 Å². The first-order valence-electron chi connectivity index (χ1n) is 12.9. The maximum absolute atomic E-state index is 6.33. The molecule has 0 unspecified atom stereocenters. The highest BCUT2D eigenvalue weighted by molar-refractivity contribution is 7.99. The summed E-state index contributed by atoms with van der Waals surface area (Å²) in [5.74, 6) is 1.38. The average Bonchev–Trinajstić information content (AvgIpc) is 3.39. The largest absolute Gasteiger partial charge is 0.361 e. The van der Waals surface area contributed by atoms with Gasteiger partial charge in [0.25, 0.3) is 0 Å². The van der Waals surface area contributed by atoms with Crippen molar-refractivity contribution >= 4 is 52.5 Å². The zero-order valence-electron chi connectivity index (χ0n) is 21.0. The van der Waals surface area contributed by atoms with Crippen molar-refractivity contribution in [2.45, 2.75) is 73.5 Å². The third-order valence-corrected chi connectivity index (χ3v) is 8.63. The van der Waals surface area contributed by atoms with Gasteiger partial charge in [-0.25, -0.2) is 15.0 Å². The molecule has 1 aromatic carbocycles. The number of nitrogens with zero attached hydrogens (tertiary/aromatic N) is 5. The first-order valence-corrected chi connectivity index (χ1v) is 14.5. The van der Waals surface area contributed by atoms with Crippen LogP contribution in [0.2, 0.25) is 5.02 Å². The quantitative estimate of drug-likeness (QED) is 0.200. The van der Waals surface area contributed by atoms with Crippen molar-refractivity contribution in [2.24, 2.45) is 0 Å². The van der Waals surface area contributed by atoms with E-state index in [0.717, 1.165) is 54.6 Å². The van der Waals surface area contributed by atoms with Crippen LogP contribution in [-0.2, 0) is 5.41 Å². The van der Waals surface area contributed by atoms with Gasteiger partial charge in [-0.2, -0.15) is 4.98 Å². The van der Waals surface area contributed by atoms with Crippen LogP contribution in [0.4, 0.5) is 11.8 Å². The maximum Gasteiger partial charge on any atom is 0.232 e. The Bertz CT molecular complexity index is 1220. The predicted molar refractivity (Wildman–Crippen MR) is 155 cm³/mol. The molecule has 1 saturated carbocycles. The Balaban J connectivity index is 1.33. The molecule has 3 heterocycles. The second-order valence-electron chi connectivity index (χ2n) is 9.87. The molecule has 2 aromatic heterocycles. The molecule has 0 radical (unpaired) electrons. The van der Waals surface area contributed by atoms with E-state index >= 15 is 0 Å². The summed E-state index contributed by atoms with van der Waals surface area (Å²) >= 11 is 13.5. The lowest BCUT2D eigenvalue weighted by atomic mass is 9.79. The van der Waals surface area contributed by atoms with Gasteiger partial charge in [-0.1, -0.05) is 36.6 Å². The fourth-order valence-corrected chi connectivity index (χ4v) is 6.44. The van der Waals surface area contributed by atoms with Crippen LogP contribution in [-0.4, -0.2) is 44.2 Å². The molecule has 194 valence electrons. The van der Waals surface area contributed by atoms with Crippen LogP contribution in [0.5, 0.6) is 0 Å². The van der Waals surface area contributed by atoms with Gasteiger partial charge >= 0.3 is 0 Å². The number of hydrogen-bond donors (Lipinski definition) is 2. The molecule has 2 N–H and O–H groups in total. The number of piperidine rings is 1. The normalized spacial score (nSPS) is 19.0. The molecule has 37 heavy (non-hydrogen) atoms. The lowest BCUT2D eigenvalue weighted by molar-refractivity contribution is 0.435. The van der Waals surface area contributed by atoms with Crippen LogP contribution in [0.15, 0.2) is 59.0 Å². The van der Waals surface area contributed by atoms with E-state index in [-0.39, 0.29) is 5.41 Å². The zero-order valence-corrected chi connectivity index (χ0v) is 23.4. The van der Waals surface area contributed by atoms with Gasteiger partial charge in [-0.3, -0.25) is 0 Å². The molecule has 0 bridgehead atoms. The van der Waals surface area contributed by atoms with Gasteiger partial charge in [0.2, 0.25) is 5.95 Å². The highest BCUT2D eigenvalue weighted by Crippen LogP contribution is 2.41. The Morgan fingerprint density at radius 2 is 1.92 bits per heavy atom. The van der Waals surface area contributed by atoms with Crippen LogP contribution in [0, 0.1) is 0 Å². The summed E-state index contributed by atoms with van der Waals surface area (Å²) in [6.07, 6.45) is 11.7. The van der Waals surface area contributed by atoms with Gasteiger partial charge in [0.05, 0.1) is 0 Å². The Hall–Kier alpha value is -2.49. The van der Waals surface area contributed by atoms with E-state index in [4.69, 9.17) is 33.8 Å². The summed E-state index contributed by atoms with van der Waals surface area (Å²) in [6, 6.07) is 12.5. The molecule has 2 aliphatic rings. The molecule has 1 aliphatic carbocycles. The van der Waals surface area contributed by atoms with Crippen molar-refractivity contribution in [2.75, 3.05) is 23.3 Å². The highest BCUT2D eigenvalue weighted by Gasteiger charge is 2.35. The van der Waals surface area contributed by atoms with Crippen LogP contribution < -0.4 is 15.5 Å². The number of anilines is 2. The van der Waals surface area contributed by atoms with Crippen LogP contribution >= 0.6 is 35.6 Å². The first-order chi connectivity index (χ1) is 18.0. The van der Waals surface area contributed by atoms with E-state index in [9.17, 15) is 0 Å². The number of rotatable bonds is 7. The fraction of sp³-hybridized carbons (Fsp3) is 0.444. The summed E-state index contributed by atoms with van der Waals surface area (Å²) in [5, 5.41) is 9.44. The predicted octanol–water partition coefficient (Wildman–Crippen LogP) is 6.25. The number of nitrogens with one attached hydrogen (secondary N) is 2. The third kappa shape index (κ3) is 6.51. The number of hydrogen-bond acceptors (Lipinski definition) is 7.